The van der Waals surface area contributed by atoms with Crippen LogP contribution in [0.3, 0.4) is 0 Å². The SMILES string of the molecule is CCCCC(=O)OCCNC(=O)OC(C)(C)C. The number of esters is 1. The minimum Gasteiger partial charge on any atom is -0.464 e. The van der Waals surface area contributed by atoms with Gasteiger partial charge in [-0.15, -0.1) is 0 Å². The van der Waals surface area contributed by atoms with Crippen LogP contribution in [0.5, 0.6) is 0 Å². The number of hydrogen-bond donors (Lipinski definition) is 1. The lowest BCUT2D eigenvalue weighted by atomic mass is 10.2. The Balaban J connectivity index is 3.51. The van der Waals surface area contributed by atoms with E-state index in [1.807, 2.05) is 6.92 Å². The molecule has 0 aliphatic rings. The Labute approximate surface area is 103 Å². The van der Waals surface area contributed by atoms with Gasteiger partial charge in [0.05, 0.1) is 6.54 Å². The van der Waals surface area contributed by atoms with Gasteiger partial charge in [0.1, 0.15) is 12.2 Å². The third-order valence-electron chi connectivity index (χ3n) is 1.77. The normalized spacial score (nSPS) is 10.8. The van der Waals surface area contributed by atoms with Crippen LogP contribution in [0.4, 0.5) is 4.79 Å². The molecule has 17 heavy (non-hydrogen) atoms. The van der Waals surface area contributed by atoms with E-state index in [4.69, 9.17) is 9.47 Å². The van der Waals surface area contributed by atoms with Crippen molar-refractivity contribution in [3.05, 3.63) is 0 Å². The number of carbonyl (C=O) groups excluding carboxylic acids is 2. The van der Waals surface area contributed by atoms with Gasteiger partial charge in [0.25, 0.3) is 0 Å². The Hall–Kier alpha value is -1.26. The standard InChI is InChI=1S/C12H23NO4/c1-5-6-7-10(14)16-9-8-13-11(15)17-12(2,3)4/h5-9H2,1-4H3,(H,13,15). The predicted octanol–water partition coefficient (Wildman–Crippen LogP) is 2.24. The third kappa shape index (κ3) is 11.0. The highest BCUT2D eigenvalue weighted by Gasteiger charge is 2.15. The van der Waals surface area contributed by atoms with Crippen LogP contribution in [0.2, 0.25) is 0 Å². The van der Waals surface area contributed by atoms with Gasteiger partial charge < -0.3 is 14.8 Å². The molecule has 0 unspecified atom stereocenters. The number of rotatable bonds is 6. The monoisotopic (exact) mass is 245 g/mol. The lowest BCUT2D eigenvalue weighted by Crippen LogP contribution is -2.34. The van der Waals surface area contributed by atoms with Gasteiger partial charge in [-0.3, -0.25) is 4.79 Å². The summed E-state index contributed by atoms with van der Waals surface area (Å²) in [4.78, 5) is 22.3. The van der Waals surface area contributed by atoms with Gasteiger partial charge in [-0.2, -0.15) is 0 Å². The molecule has 0 aromatic rings. The number of alkyl carbamates (subject to hydrolysis) is 1. The van der Waals surface area contributed by atoms with E-state index in [-0.39, 0.29) is 19.1 Å². The average Bonchev–Trinajstić information content (AvgIpc) is 2.19. The summed E-state index contributed by atoms with van der Waals surface area (Å²) in [7, 11) is 0. The molecule has 1 N–H and O–H groups in total. The molecular formula is C12H23NO4. The highest BCUT2D eigenvalue weighted by molar-refractivity contribution is 5.69. The van der Waals surface area contributed by atoms with Crippen molar-refractivity contribution in [2.75, 3.05) is 13.2 Å². The zero-order chi connectivity index (χ0) is 13.3. The molecule has 0 aromatic carbocycles. The molecule has 0 aliphatic carbocycles. The van der Waals surface area contributed by atoms with Crippen LogP contribution in [-0.2, 0) is 14.3 Å². The second-order valence-electron chi connectivity index (χ2n) is 4.75. The maximum absolute atomic E-state index is 11.2. The second kappa shape index (κ2) is 7.92. The van der Waals surface area contributed by atoms with Crippen molar-refractivity contribution in [2.24, 2.45) is 0 Å². The van der Waals surface area contributed by atoms with Crippen LogP contribution in [0.25, 0.3) is 0 Å². The molecular weight excluding hydrogens is 222 g/mol. The first kappa shape index (κ1) is 15.7. The fraction of sp³-hybridized carbons (Fsp3) is 0.833. The van der Waals surface area contributed by atoms with E-state index in [1.165, 1.54) is 0 Å². The summed E-state index contributed by atoms with van der Waals surface area (Å²) in [5.41, 5.74) is -0.512. The quantitative estimate of drug-likeness (QED) is 0.575. The van der Waals surface area contributed by atoms with Crippen molar-refractivity contribution in [1.82, 2.24) is 5.32 Å². The first-order chi connectivity index (χ1) is 7.85. The van der Waals surface area contributed by atoms with Crippen LogP contribution in [0.1, 0.15) is 47.0 Å². The highest BCUT2D eigenvalue weighted by atomic mass is 16.6. The van der Waals surface area contributed by atoms with Crippen LogP contribution in [0.15, 0.2) is 0 Å². The zero-order valence-corrected chi connectivity index (χ0v) is 11.2. The van der Waals surface area contributed by atoms with Crippen molar-refractivity contribution in [3.63, 3.8) is 0 Å². The summed E-state index contributed by atoms with van der Waals surface area (Å²) in [6.45, 7) is 7.83. The number of unbranched alkanes of at least 4 members (excludes halogenated alkanes) is 1. The lowest BCUT2D eigenvalue weighted by Gasteiger charge is -2.19. The van der Waals surface area contributed by atoms with Gasteiger partial charge in [0.2, 0.25) is 0 Å². The average molecular weight is 245 g/mol. The van der Waals surface area contributed by atoms with E-state index >= 15 is 0 Å². The van der Waals surface area contributed by atoms with Crippen LogP contribution >= 0.6 is 0 Å². The van der Waals surface area contributed by atoms with Gasteiger partial charge in [-0.1, -0.05) is 13.3 Å². The van der Waals surface area contributed by atoms with Gasteiger partial charge >= 0.3 is 12.1 Å². The summed E-state index contributed by atoms with van der Waals surface area (Å²) >= 11 is 0. The van der Waals surface area contributed by atoms with Crippen molar-refractivity contribution in [1.29, 1.82) is 0 Å². The van der Waals surface area contributed by atoms with E-state index in [2.05, 4.69) is 5.32 Å². The number of nitrogens with one attached hydrogen (secondary N) is 1. The molecule has 5 heteroatoms. The Bertz CT molecular complexity index is 245. The third-order valence-corrected chi connectivity index (χ3v) is 1.77. The first-order valence-electron chi connectivity index (χ1n) is 5.97. The van der Waals surface area contributed by atoms with E-state index in [0.29, 0.717) is 6.42 Å². The van der Waals surface area contributed by atoms with Crippen LogP contribution in [-0.4, -0.2) is 30.8 Å². The van der Waals surface area contributed by atoms with Gasteiger partial charge in [0.15, 0.2) is 0 Å². The first-order valence-corrected chi connectivity index (χ1v) is 5.97. The molecule has 0 fully saturated rings. The number of carbonyl (C=O) groups is 2. The lowest BCUT2D eigenvalue weighted by molar-refractivity contribution is -0.143. The molecule has 0 atom stereocenters. The molecule has 0 aromatic heterocycles. The minimum atomic E-state index is -0.512. The summed E-state index contributed by atoms with van der Waals surface area (Å²) in [6.07, 6.45) is 1.73. The number of hydrogen-bond acceptors (Lipinski definition) is 4. The summed E-state index contributed by atoms with van der Waals surface area (Å²) < 4.78 is 9.93. The number of ether oxygens (including phenoxy) is 2. The molecule has 100 valence electrons. The Morgan fingerprint density at radius 2 is 1.88 bits per heavy atom. The van der Waals surface area contributed by atoms with Gasteiger partial charge in [-0.25, -0.2) is 4.79 Å². The Morgan fingerprint density at radius 3 is 2.41 bits per heavy atom. The number of amides is 1. The van der Waals surface area contributed by atoms with Crippen molar-refractivity contribution >= 4 is 12.1 Å². The Kier molecular flexibility index (Phi) is 7.34. The summed E-state index contributed by atoms with van der Waals surface area (Å²) in [6, 6.07) is 0. The molecule has 0 heterocycles. The topological polar surface area (TPSA) is 64.6 Å². The Morgan fingerprint density at radius 1 is 1.24 bits per heavy atom. The van der Waals surface area contributed by atoms with Crippen LogP contribution in [0, 0.1) is 0 Å². The maximum atomic E-state index is 11.2. The highest BCUT2D eigenvalue weighted by Crippen LogP contribution is 2.06. The van der Waals surface area contributed by atoms with Gasteiger partial charge in [0, 0.05) is 6.42 Å². The second-order valence-corrected chi connectivity index (χ2v) is 4.75. The zero-order valence-electron chi connectivity index (χ0n) is 11.2. The molecule has 0 aliphatic heterocycles. The summed E-state index contributed by atoms with van der Waals surface area (Å²) in [5.74, 6) is -0.224. The molecule has 0 bridgehead atoms. The van der Waals surface area contributed by atoms with E-state index < -0.39 is 11.7 Å². The van der Waals surface area contributed by atoms with E-state index in [9.17, 15) is 9.59 Å². The largest absolute Gasteiger partial charge is 0.464 e. The molecule has 1 amide bonds. The van der Waals surface area contributed by atoms with E-state index in [0.717, 1.165) is 12.8 Å². The molecule has 0 radical (unpaired) electrons. The molecule has 0 saturated carbocycles. The van der Waals surface area contributed by atoms with Crippen molar-refractivity contribution in [3.8, 4) is 0 Å². The predicted molar refractivity (Wildman–Crippen MR) is 64.7 cm³/mol. The van der Waals surface area contributed by atoms with Crippen molar-refractivity contribution < 1.29 is 19.1 Å². The van der Waals surface area contributed by atoms with Crippen LogP contribution < -0.4 is 5.32 Å². The minimum absolute atomic E-state index is 0.182. The summed E-state index contributed by atoms with van der Waals surface area (Å²) in [5, 5.41) is 2.51. The van der Waals surface area contributed by atoms with Crippen molar-refractivity contribution in [2.45, 2.75) is 52.6 Å². The molecule has 0 saturated heterocycles. The van der Waals surface area contributed by atoms with Gasteiger partial charge in [-0.05, 0) is 27.2 Å². The maximum Gasteiger partial charge on any atom is 0.407 e. The smallest absolute Gasteiger partial charge is 0.407 e. The molecule has 0 spiro atoms. The fourth-order valence-corrected chi connectivity index (χ4v) is 1.03. The fourth-order valence-electron chi connectivity index (χ4n) is 1.03. The molecule has 0 rings (SSSR count). The van der Waals surface area contributed by atoms with E-state index in [1.54, 1.807) is 20.8 Å². The molecule has 5 nitrogen and oxygen atoms in total.